The lowest BCUT2D eigenvalue weighted by molar-refractivity contribution is 0.0555. The third kappa shape index (κ3) is 1.50. The molecule has 2 heteroatoms. The van der Waals surface area contributed by atoms with E-state index in [0.29, 0.717) is 12.5 Å². The van der Waals surface area contributed by atoms with Crippen molar-refractivity contribution < 1.29 is 5.11 Å². The highest BCUT2D eigenvalue weighted by atomic mass is 16.3. The van der Waals surface area contributed by atoms with E-state index in [1.54, 1.807) is 0 Å². The molecule has 2 nitrogen and oxygen atoms in total. The number of aliphatic hydroxyl groups excluding tert-OH is 1. The van der Waals surface area contributed by atoms with E-state index in [9.17, 15) is 5.11 Å². The second-order valence-corrected chi connectivity index (χ2v) is 4.94. The Labute approximate surface area is 80.5 Å². The summed E-state index contributed by atoms with van der Waals surface area (Å²) in [5, 5.41) is 9.48. The molecule has 0 aliphatic heterocycles. The van der Waals surface area contributed by atoms with E-state index in [1.165, 1.54) is 32.1 Å². The number of aliphatic hydroxyl groups is 1. The van der Waals surface area contributed by atoms with Crippen molar-refractivity contribution in [3.63, 3.8) is 0 Å². The normalized spacial score (nSPS) is 30.0. The molecule has 0 radical (unpaired) electrons. The van der Waals surface area contributed by atoms with Gasteiger partial charge in [-0.05, 0) is 31.6 Å². The summed E-state index contributed by atoms with van der Waals surface area (Å²) >= 11 is 0. The second kappa shape index (κ2) is 3.58. The minimum atomic E-state index is 0.102. The van der Waals surface area contributed by atoms with Gasteiger partial charge in [0.25, 0.3) is 0 Å². The number of nitrogens with two attached hydrogens (primary N) is 1. The van der Waals surface area contributed by atoms with E-state index >= 15 is 0 Å². The zero-order valence-corrected chi connectivity index (χ0v) is 8.34. The molecule has 2 aliphatic rings. The van der Waals surface area contributed by atoms with Crippen LogP contribution in [0, 0.1) is 11.3 Å². The van der Waals surface area contributed by atoms with Crippen molar-refractivity contribution in [3.8, 4) is 0 Å². The molecule has 0 amide bonds. The van der Waals surface area contributed by atoms with Gasteiger partial charge in [-0.25, -0.2) is 0 Å². The average Bonchev–Trinajstić information content (AvgIpc) is 2.49. The number of rotatable bonds is 3. The fourth-order valence-corrected chi connectivity index (χ4v) is 2.97. The van der Waals surface area contributed by atoms with Crippen molar-refractivity contribution >= 4 is 0 Å². The zero-order chi connectivity index (χ0) is 9.31. The summed E-state index contributed by atoms with van der Waals surface area (Å²) in [6.07, 6.45) is 8.77. The van der Waals surface area contributed by atoms with Crippen LogP contribution in [0.15, 0.2) is 0 Å². The molecule has 0 bridgehead atoms. The van der Waals surface area contributed by atoms with Gasteiger partial charge in [0.05, 0.1) is 6.61 Å². The lowest BCUT2D eigenvalue weighted by Crippen LogP contribution is -2.49. The van der Waals surface area contributed by atoms with Gasteiger partial charge in [0, 0.05) is 11.5 Å². The van der Waals surface area contributed by atoms with Gasteiger partial charge in [0.15, 0.2) is 0 Å². The first kappa shape index (κ1) is 9.47. The summed E-state index contributed by atoms with van der Waals surface area (Å²) < 4.78 is 0. The maximum Gasteiger partial charge on any atom is 0.0502 e. The molecule has 2 saturated carbocycles. The molecular weight excluding hydrogens is 162 g/mol. The van der Waals surface area contributed by atoms with Crippen LogP contribution in [-0.2, 0) is 0 Å². The van der Waals surface area contributed by atoms with Crippen LogP contribution >= 0.6 is 0 Å². The molecule has 76 valence electrons. The van der Waals surface area contributed by atoms with Crippen LogP contribution in [0.25, 0.3) is 0 Å². The Kier molecular flexibility index (Phi) is 2.61. The summed E-state index contributed by atoms with van der Waals surface area (Å²) in [6.45, 7) is 0.310. The fourth-order valence-electron chi connectivity index (χ4n) is 2.97. The van der Waals surface area contributed by atoms with Crippen LogP contribution in [0.3, 0.4) is 0 Å². The summed E-state index contributed by atoms with van der Waals surface area (Å²) in [4.78, 5) is 0. The van der Waals surface area contributed by atoms with Crippen LogP contribution in [0.5, 0.6) is 0 Å². The van der Waals surface area contributed by atoms with Crippen LogP contribution < -0.4 is 5.73 Å². The Bertz CT molecular complexity index is 171. The Morgan fingerprint density at radius 1 is 1.23 bits per heavy atom. The lowest BCUT2D eigenvalue weighted by atomic mass is 9.67. The standard InChI is InChI=1S/C11H21NO/c12-10(9-4-3-5-9)11(8-13)6-1-2-7-11/h9-10,13H,1-8,12H2. The fraction of sp³-hybridized carbons (Fsp3) is 1.00. The first-order valence-corrected chi connectivity index (χ1v) is 5.65. The van der Waals surface area contributed by atoms with E-state index in [4.69, 9.17) is 5.73 Å². The number of hydrogen-bond acceptors (Lipinski definition) is 2. The molecule has 1 atom stereocenters. The molecule has 2 rings (SSSR count). The smallest absolute Gasteiger partial charge is 0.0502 e. The van der Waals surface area contributed by atoms with Gasteiger partial charge >= 0.3 is 0 Å². The van der Waals surface area contributed by atoms with E-state index in [-0.39, 0.29) is 11.5 Å². The topological polar surface area (TPSA) is 46.2 Å². The molecule has 3 N–H and O–H groups in total. The van der Waals surface area contributed by atoms with Crippen molar-refractivity contribution in [1.29, 1.82) is 0 Å². The van der Waals surface area contributed by atoms with Crippen molar-refractivity contribution in [2.45, 2.75) is 51.0 Å². The molecule has 2 fully saturated rings. The quantitative estimate of drug-likeness (QED) is 0.699. The molecular formula is C11H21NO. The van der Waals surface area contributed by atoms with E-state index in [2.05, 4.69) is 0 Å². The molecule has 13 heavy (non-hydrogen) atoms. The van der Waals surface area contributed by atoms with Crippen LogP contribution in [-0.4, -0.2) is 17.8 Å². The largest absolute Gasteiger partial charge is 0.396 e. The third-order valence-electron chi connectivity index (χ3n) is 4.28. The predicted octanol–water partition coefficient (Wildman–Crippen LogP) is 1.67. The lowest BCUT2D eigenvalue weighted by Gasteiger charge is -2.42. The summed E-state index contributed by atoms with van der Waals surface area (Å²) in [6, 6.07) is 0.272. The molecule has 0 aromatic rings. The first-order chi connectivity index (χ1) is 6.28. The second-order valence-electron chi connectivity index (χ2n) is 4.94. The van der Waals surface area contributed by atoms with Gasteiger partial charge in [-0.1, -0.05) is 19.3 Å². The molecule has 0 aromatic heterocycles. The minimum absolute atomic E-state index is 0.102. The average molecular weight is 183 g/mol. The Morgan fingerprint density at radius 3 is 2.23 bits per heavy atom. The maximum atomic E-state index is 9.48. The van der Waals surface area contributed by atoms with E-state index in [0.717, 1.165) is 12.8 Å². The first-order valence-electron chi connectivity index (χ1n) is 5.65. The highest BCUT2D eigenvalue weighted by Crippen LogP contribution is 2.45. The van der Waals surface area contributed by atoms with Crippen molar-refractivity contribution in [2.24, 2.45) is 17.1 Å². The van der Waals surface area contributed by atoms with Gasteiger partial charge < -0.3 is 10.8 Å². The monoisotopic (exact) mass is 183 g/mol. The maximum absolute atomic E-state index is 9.48. The SMILES string of the molecule is NC(C1CCC1)C1(CO)CCCC1. The highest BCUT2D eigenvalue weighted by Gasteiger charge is 2.43. The Balaban J connectivity index is 2.01. The van der Waals surface area contributed by atoms with Crippen molar-refractivity contribution in [3.05, 3.63) is 0 Å². The molecule has 2 aliphatic carbocycles. The third-order valence-corrected chi connectivity index (χ3v) is 4.28. The van der Waals surface area contributed by atoms with Gasteiger partial charge in [-0.2, -0.15) is 0 Å². The van der Waals surface area contributed by atoms with Crippen molar-refractivity contribution in [2.75, 3.05) is 6.61 Å². The highest BCUT2D eigenvalue weighted by molar-refractivity contribution is 4.97. The molecule has 0 heterocycles. The van der Waals surface area contributed by atoms with Gasteiger partial charge in [-0.3, -0.25) is 0 Å². The predicted molar refractivity (Wildman–Crippen MR) is 53.3 cm³/mol. The van der Waals surface area contributed by atoms with Crippen molar-refractivity contribution in [1.82, 2.24) is 0 Å². The van der Waals surface area contributed by atoms with Gasteiger partial charge in [-0.15, -0.1) is 0 Å². The summed E-state index contributed by atoms with van der Waals surface area (Å²) in [5.74, 6) is 0.713. The van der Waals surface area contributed by atoms with Gasteiger partial charge in [0.2, 0.25) is 0 Å². The van der Waals surface area contributed by atoms with E-state index in [1.807, 2.05) is 0 Å². The summed E-state index contributed by atoms with van der Waals surface area (Å²) in [5.41, 5.74) is 6.37. The molecule has 0 aromatic carbocycles. The minimum Gasteiger partial charge on any atom is -0.396 e. The molecule has 1 unspecified atom stereocenters. The molecule has 0 spiro atoms. The zero-order valence-electron chi connectivity index (χ0n) is 8.34. The Morgan fingerprint density at radius 2 is 1.85 bits per heavy atom. The van der Waals surface area contributed by atoms with Crippen LogP contribution in [0.1, 0.15) is 44.9 Å². The van der Waals surface area contributed by atoms with Crippen LogP contribution in [0.4, 0.5) is 0 Å². The summed E-state index contributed by atoms with van der Waals surface area (Å²) in [7, 11) is 0. The van der Waals surface area contributed by atoms with E-state index < -0.39 is 0 Å². The van der Waals surface area contributed by atoms with Gasteiger partial charge in [0.1, 0.15) is 0 Å². The Hall–Kier alpha value is -0.0800. The number of hydrogen-bond donors (Lipinski definition) is 2. The van der Waals surface area contributed by atoms with Crippen LogP contribution in [0.2, 0.25) is 0 Å². The molecule has 0 saturated heterocycles.